The van der Waals surface area contributed by atoms with Crippen LogP contribution in [0, 0.1) is 24.7 Å². The van der Waals surface area contributed by atoms with Gasteiger partial charge in [-0.3, -0.25) is 11.8 Å². The normalized spacial score (nSPS) is 10.4. The SMILES string of the molecule is [Ag+].[Ag+].[C-]#Cc1cccc2c1ccc1ccccc12.[C-]#Cc1cccc2c1ccc1ccccc12.c1ccc([PH+](CC[PH+](c2ccccc2)c2ccccc2)c2ccccc2)cc1. The minimum absolute atomic E-state index is 0. The van der Waals surface area contributed by atoms with E-state index >= 15 is 0 Å². The molecule has 0 heterocycles. The van der Waals surface area contributed by atoms with Gasteiger partial charge in [0.1, 0.15) is 12.3 Å². The summed E-state index contributed by atoms with van der Waals surface area (Å²) in [6.45, 7) is 0. The van der Waals surface area contributed by atoms with Crippen LogP contribution in [0.1, 0.15) is 11.1 Å². The third-order valence-electron chi connectivity index (χ3n) is 11.0. The predicted molar refractivity (Wildman–Crippen MR) is 266 cm³/mol. The summed E-state index contributed by atoms with van der Waals surface area (Å²) in [7, 11) is -1.57. The molecule has 62 heavy (non-hydrogen) atoms. The van der Waals surface area contributed by atoms with Gasteiger partial charge >= 0.3 is 44.8 Å². The molecule has 10 rings (SSSR count). The van der Waals surface area contributed by atoms with E-state index in [1.807, 2.05) is 48.5 Å². The first-order valence-corrected chi connectivity index (χ1v) is 23.7. The second-order valence-corrected chi connectivity index (χ2v) is 19.8. The molecule has 0 spiro atoms. The number of hydrogen-bond donors (Lipinski definition) is 0. The number of benzene rings is 10. The average Bonchev–Trinajstić information content (AvgIpc) is 3.34. The van der Waals surface area contributed by atoms with Crippen molar-refractivity contribution in [2.45, 2.75) is 0 Å². The Morgan fingerprint density at radius 3 is 0.887 bits per heavy atom. The maximum absolute atomic E-state index is 7.28. The van der Waals surface area contributed by atoms with E-state index in [-0.39, 0.29) is 44.8 Å². The summed E-state index contributed by atoms with van der Waals surface area (Å²) in [6.07, 6.45) is 17.1. The van der Waals surface area contributed by atoms with Crippen LogP contribution >= 0.6 is 15.8 Å². The fourth-order valence-corrected chi connectivity index (χ4v) is 14.2. The molecule has 0 radical (unpaired) electrons. The maximum atomic E-state index is 7.28. The van der Waals surface area contributed by atoms with Crippen molar-refractivity contribution in [3.63, 3.8) is 0 Å². The molecular weight excluding hydrogens is 974 g/mol. The molecule has 10 aromatic rings. The molecule has 0 saturated heterocycles. The Morgan fingerprint density at radius 1 is 0.274 bits per heavy atom. The van der Waals surface area contributed by atoms with Crippen molar-refractivity contribution < 1.29 is 44.8 Å². The van der Waals surface area contributed by atoms with Gasteiger partial charge in [0.15, 0.2) is 0 Å². The zero-order chi connectivity index (χ0) is 40.9. The van der Waals surface area contributed by atoms with Gasteiger partial charge in [0.25, 0.3) is 0 Å². The summed E-state index contributed by atoms with van der Waals surface area (Å²) in [4.78, 5) is 0. The van der Waals surface area contributed by atoms with Crippen molar-refractivity contribution in [1.29, 1.82) is 0 Å². The summed E-state index contributed by atoms with van der Waals surface area (Å²) < 4.78 is 0. The van der Waals surface area contributed by atoms with Crippen molar-refractivity contribution >= 4 is 80.2 Å². The molecule has 0 nitrogen and oxygen atoms in total. The van der Waals surface area contributed by atoms with E-state index < -0.39 is 15.8 Å². The molecule has 0 N–H and O–H groups in total. The van der Waals surface area contributed by atoms with Gasteiger partial charge in [-0.05, 0) is 80.8 Å². The van der Waals surface area contributed by atoms with E-state index in [1.165, 1.54) is 65.9 Å². The van der Waals surface area contributed by atoms with Gasteiger partial charge < -0.3 is 12.8 Å². The van der Waals surface area contributed by atoms with Crippen molar-refractivity contribution in [3.05, 3.63) is 254 Å². The van der Waals surface area contributed by atoms with E-state index in [0.29, 0.717) is 0 Å². The smallest absolute Gasteiger partial charge is 0.366 e. The summed E-state index contributed by atoms with van der Waals surface area (Å²) in [5.41, 5.74) is 1.70. The van der Waals surface area contributed by atoms with Crippen LogP contribution in [0.5, 0.6) is 0 Å². The molecule has 10 aromatic carbocycles. The van der Waals surface area contributed by atoms with Crippen molar-refractivity contribution in [1.82, 2.24) is 0 Å². The van der Waals surface area contributed by atoms with E-state index in [1.54, 1.807) is 0 Å². The standard InChI is InChI=1S/C26H24P2.2C16H9.2Ag/c1-5-13-23(14-6-1)27(24-15-7-2-8-16-24)21-22-28(25-17-9-3-10-18-25)26-19-11-4-12-20-26;2*1-2-12-7-5-9-16-14-8-4-3-6-13(14)10-11-15(12)16;;/h1-20H,21-22H2;2*3-11H;;/q;2*-1;2*+1/p+2. The van der Waals surface area contributed by atoms with Crippen molar-refractivity contribution in [2.75, 3.05) is 12.3 Å². The Morgan fingerprint density at radius 2 is 0.565 bits per heavy atom. The fourth-order valence-electron chi connectivity index (χ4n) is 8.02. The minimum Gasteiger partial charge on any atom is -0.366 e. The molecule has 306 valence electrons. The first kappa shape index (κ1) is 46.2. The van der Waals surface area contributed by atoms with Crippen molar-refractivity contribution in [3.8, 4) is 11.8 Å². The molecule has 0 amide bonds. The second-order valence-electron chi connectivity index (χ2n) is 14.5. The van der Waals surface area contributed by atoms with Crippen LogP contribution in [0.2, 0.25) is 0 Å². The molecule has 4 heteroatoms. The van der Waals surface area contributed by atoms with Crippen LogP contribution in [-0.2, 0) is 44.8 Å². The minimum atomic E-state index is -0.783. The molecule has 0 bridgehead atoms. The van der Waals surface area contributed by atoms with Gasteiger partial charge in [-0.25, -0.2) is 0 Å². The van der Waals surface area contributed by atoms with Gasteiger partial charge in [-0.15, -0.1) is 23.3 Å². The van der Waals surface area contributed by atoms with E-state index in [4.69, 9.17) is 12.8 Å². The molecule has 0 saturated carbocycles. The van der Waals surface area contributed by atoms with Crippen LogP contribution in [0.15, 0.2) is 231 Å². The van der Waals surface area contributed by atoms with Crippen molar-refractivity contribution in [2.24, 2.45) is 0 Å². The quantitative estimate of drug-likeness (QED) is 0.0491. The number of hydrogen-bond acceptors (Lipinski definition) is 0. The summed E-state index contributed by atoms with van der Waals surface area (Å²) in [5.74, 6) is 4.97. The van der Waals surface area contributed by atoms with Crippen LogP contribution in [0.3, 0.4) is 0 Å². The molecular formula is C58H44Ag2P2+2. The first-order valence-electron chi connectivity index (χ1n) is 20.3. The maximum Gasteiger partial charge on any atom is 1.00 e. The van der Waals surface area contributed by atoms with Crippen LogP contribution in [0.25, 0.3) is 43.1 Å². The van der Waals surface area contributed by atoms with Crippen LogP contribution in [-0.4, -0.2) is 12.3 Å². The second kappa shape index (κ2) is 23.2. The monoisotopic (exact) mass is 1020 g/mol. The van der Waals surface area contributed by atoms with Gasteiger partial charge in [0, 0.05) is 0 Å². The molecule has 0 fully saturated rings. The average molecular weight is 1020 g/mol. The fraction of sp³-hybridized carbons (Fsp3) is 0.0345. The first-order chi connectivity index (χ1) is 29.7. The largest absolute Gasteiger partial charge is 1.00 e. The van der Waals surface area contributed by atoms with Gasteiger partial charge in [-0.2, -0.15) is 0 Å². The summed E-state index contributed by atoms with van der Waals surface area (Å²) >= 11 is 0. The molecule has 0 aliphatic heterocycles. The molecule has 0 aliphatic rings. The molecule has 0 unspecified atom stereocenters. The Kier molecular flexibility index (Phi) is 17.3. The molecule has 0 aromatic heterocycles. The Labute approximate surface area is 400 Å². The summed E-state index contributed by atoms with van der Waals surface area (Å²) in [5, 5.41) is 15.6. The van der Waals surface area contributed by atoms with Crippen LogP contribution in [0.4, 0.5) is 0 Å². The van der Waals surface area contributed by atoms with Gasteiger partial charge in [-0.1, -0.05) is 181 Å². The Hall–Kier alpha value is -5.30. The zero-order valence-corrected chi connectivity index (χ0v) is 38.9. The predicted octanol–water partition coefficient (Wildman–Crippen LogP) is 12.6. The van der Waals surface area contributed by atoms with Gasteiger partial charge in [0.2, 0.25) is 0 Å². The Balaban J connectivity index is 0.000000162. The topological polar surface area (TPSA) is 0 Å². The molecule has 0 aliphatic carbocycles. The third kappa shape index (κ3) is 11.0. The van der Waals surface area contributed by atoms with E-state index in [0.717, 1.165) is 21.9 Å². The van der Waals surface area contributed by atoms with Crippen LogP contribution < -0.4 is 21.2 Å². The Bertz CT molecular complexity index is 2780. The zero-order valence-electron chi connectivity index (χ0n) is 34.0. The third-order valence-corrected chi connectivity index (χ3v) is 17.1. The number of rotatable bonds is 7. The summed E-state index contributed by atoms with van der Waals surface area (Å²) in [6, 6.07) is 81.4. The molecule has 0 atom stereocenters. The van der Waals surface area contributed by atoms with E-state index in [9.17, 15) is 0 Å². The van der Waals surface area contributed by atoms with Gasteiger partial charge in [0.05, 0.1) is 37.1 Å². The van der Waals surface area contributed by atoms with E-state index in [2.05, 4.69) is 194 Å². The number of fused-ring (bicyclic) bond motifs is 6.